The predicted octanol–water partition coefficient (Wildman–Crippen LogP) is 5.69. The lowest BCUT2D eigenvalue weighted by atomic mass is 10.2. The summed E-state index contributed by atoms with van der Waals surface area (Å²) in [5, 5.41) is 13.1. The average molecular weight is 475 g/mol. The lowest BCUT2D eigenvalue weighted by Gasteiger charge is -2.14. The Hall–Kier alpha value is -4.11. The van der Waals surface area contributed by atoms with Crippen molar-refractivity contribution in [1.82, 2.24) is 24.1 Å². The number of aliphatic hydroxyl groups is 1. The van der Waals surface area contributed by atoms with Gasteiger partial charge in [-0.05, 0) is 69.3 Å². The zero-order valence-corrected chi connectivity index (χ0v) is 19.5. The summed E-state index contributed by atoms with van der Waals surface area (Å²) in [7, 11) is 0. The van der Waals surface area contributed by atoms with Crippen molar-refractivity contribution in [3.05, 3.63) is 84.1 Å². The number of halogens is 2. The number of benzene rings is 2. The zero-order valence-electron chi connectivity index (χ0n) is 19.5. The molecule has 5 aromatic rings. The van der Waals surface area contributed by atoms with Gasteiger partial charge < -0.3 is 19.6 Å². The van der Waals surface area contributed by atoms with Gasteiger partial charge in [-0.15, -0.1) is 0 Å². The zero-order chi connectivity index (χ0) is 24.7. The van der Waals surface area contributed by atoms with Crippen LogP contribution < -0.4 is 5.32 Å². The first-order valence-electron chi connectivity index (χ1n) is 11.2. The SMILES string of the molecule is Cc1cn(-c2ccc(Nc3cc(F)cc4c3nc(-c3ccc(F)cc3)n4C(C)C)nc2CO)cn1. The van der Waals surface area contributed by atoms with E-state index in [0.29, 0.717) is 39.7 Å². The van der Waals surface area contributed by atoms with Crippen LogP contribution in [-0.2, 0) is 6.61 Å². The largest absolute Gasteiger partial charge is 0.390 e. The van der Waals surface area contributed by atoms with Crippen LogP contribution in [0.25, 0.3) is 28.1 Å². The van der Waals surface area contributed by atoms with E-state index in [2.05, 4.69) is 15.3 Å². The molecule has 5 rings (SSSR count). The molecule has 0 unspecified atom stereocenters. The van der Waals surface area contributed by atoms with E-state index in [1.54, 1.807) is 29.1 Å². The van der Waals surface area contributed by atoms with E-state index in [-0.39, 0.29) is 18.5 Å². The van der Waals surface area contributed by atoms with Crippen LogP contribution in [0.4, 0.5) is 20.3 Å². The number of aryl methyl sites for hydroxylation is 1. The van der Waals surface area contributed by atoms with E-state index in [9.17, 15) is 13.9 Å². The molecule has 3 aromatic heterocycles. The van der Waals surface area contributed by atoms with Gasteiger partial charge in [0, 0.05) is 17.8 Å². The molecular weight excluding hydrogens is 450 g/mol. The van der Waals surface area contributed by atoms with Gasteiger partial charge in [-0.25, -0.2) is 23.7 Å². The average Bonchev–Trinajstić information content (AvgIpc) is 3.43. The summed E-state index contributed by atoms with van der Waals surface area (Å²) in [4.78, 5) is 13.6. The second-order valence-corrected chi connectivity index (χ2v) is 8.59. The maximum absolute atomic E-state index is 14.7. The Morgan fingerprint density at radius 2 is 1.77 bits per heavy atom. The number of aliphatic hydroxyl groups excluding tert-OH is 1. The number of aromatic nitrogens is 5. The third kappa shape index (κ3) is 4.26. The highest BCUT2D eigenvalue weighted by atomic mass is 19.1. The summed E-state index contributed by atoms with van der Waals surface area (Å²) in [5.74, 6) is 0.275. The van der Waals surface area contributed by atoms with Gasteiger partial charge in [0.2, 0.25) is 0 Å². The molecule has 0 saturated carbocycles. The summed E-state index contributed by atoms with van der Waals surface area (Å²) < 4.78 is 32.0. The predicted molar refractivity (Wildman–Crippen MR) is 131 cm³/mol. The van der Waals surface area contributed by atoms with Gasteiger partial charge >= 0.3 is 0 Å². The summed E-state index contributed by atoms with van der Waals surface area (Å²) in [6.45, 7) is 5.57. The third-order valence-electron chi connectivity index (χ3n) is 5.73. The second-order valence-electron chi connectivity index (χ2n) is 8.59. The summed E-state index contributed by atoms with van der Waals surface area (Å²) in [6, 6.07) is 12.4. The Labute approximate surface area is 200 Å². The number of hydrogen-bond acceptors (Lipinski definition) is 5. The minimum absolute atomic E-state index is 0.0215. The van der Waals surface area contributed by atoms with E-state index in [0.717, 1.165) is 11.3 Å². The first kappa shape index (κ1) is 22.7. The minimum atomic E-state index is -0.430. The smallest absolute Gasteiger partial charge is 0.141 e. The van der Waals surface area contributed by atoms with E-state index < -0.39 is 5.82 Å². The van der Waals surface area contributed by atoms with Gasteiger partial charge in [-0.3, -0.25) is 0 Å². The molecule has 0 atom stereocenters. The molecule has 35 heavy (non-hydrogen) atoms. The molecule has 7 nitrogen and oxygen atoms in total. The van der Waals surface area contributed by atoms with Gasteiger partial charge in [-0.1, -0.05) is 0 Å². The number of nitrogens with zero attached hydrogens (tertiary/aromatic N) is 5. The van der Waals surface area contributed by atoms with Gasteiger partial charge in [0.1, 0.15) is 28.8 Å². The number of hydrogen-bond donors (Lipinski definition) is 2. The number of pyridine rings is 1. The van der Waals surface area contributed by atoms with Crippen LogP contribution in [-0.4, -0.2) is 29.2 Å². The molecule has 0 aliphatic rings. The molecule has 0 radical (unpaired) electrons. The summed E-state index contributed by atoms with van der Waals surface area (Å²) >= 11 is 0. The highest BCUT2D eigenvalue weighted by molar-refractivity contribution is 5.93. The highest BCUT2D eigenvalue weighted by Gasteiger charge is 2.19. The fourth-order valence-corrected chi connectivity index (χ4v) is 4.19. The molecule has 2 aromatic carbocycles. The van der Waals surface area contributed by atoms with Gasteiger partial charge in [0.25, 0.3) is 0 Å². The molecule has 0 aliphatic heterocycles. The molecule has 3 heterocycles. The van der Waals surface area contributed by atoms with E-state index in [1.165, 1.54) is 24.3 Å². The highest BCUT2D eigenvalue weighted by Crippen LogP contribution is 2.34. The van der Waals surface area contributed by atoms with Gasteiger partial charge in [-0.2, -0.15) is 0 Å². The fourth-order valence-electron chi connectivity index (χ4n) is 4.19. The molecule has 0 aliphatic carbocycles. The molecule has 0 amide bonds. The number of imidazole rings is 2. The Morgan fingerprint density at radius 3 is 2.43 bits per heavy atom. The van der Waals surface area contributed by atoms with Gasteiger partial charge in [0.15, 0.2) is 0 Å². The van der Waals surface area contributed by atoms with Crippen LogP contribution in [0.15, 0.2) is 61.1 Å². The monoisotopic (exact) mass is 474 g/mol. The molecular formula is C26H24F2N6O. The van der Waals surface area contributed by atoms with Crippen LogP contribution in [0.2, 0.25) is 0 Å². The number of anilines is 2. The molecule has 9 heteroatoms. The number of nitrogens with one attached hydrogen (secondary N) is 1. The molecule has 0 saturated heterocycles. The lowest BCUT2D eigenvalue weighted by molar-refractivity contribution is 0.276. The summed E-state index contributed by atoms with van der Waals surface area (Å²) in [5.41, 5.74) is 4.31. The normalized spacial score (nSPS) is 11.5. The van der Waals surface area contributed by atoms with Crippen molar-refractivity contribution in [2.75, 3.05) is 5.32 Å². The molecule has 0 spiro atoms. The molecule has 2 N–H and O–H groups in total. The first-order valence-corrected chi connectivity index (χ1v) is 11.2. The van der Waals surface area contributed by atoms with Crippen LogP contribution >= 0.6 is 0 Å². The van der Waals surface area contributed by atoms with Crippen molar-refractivity contribution < 1.29 is 13.9 Å². The molecule has 0 fully saturated rings. The topological polar surface area (TPSA) is 80.8 Å². The van der Waals surface area contributed by atoms with Crippen molar-refractivity contribution in [3.63, 3.8) is 0 Å². The van der Waals surface area contributed by atoms with E-state index in [4.69, 9.17) is 4.98 Å². The van der Waals surface area contributed by atoms with Gasteiger partial charge in [0.05, 0.1) is 41.2 Å². The van der Waals surface area contributed by atoms with Crippen LogP contribution in [0.5, 0.6) is 0 Å². The quantitative estimate of drug-likeness (QED) is 0.331. The third-order valence-corrected chi connectivity index (χ3v) is 5.73. The van der Waals surface area contributed by atoms with Crippen molar-refractivity contribution in [2.45, 2.75) is 33.4 Å². The number of rotatable bonds is 6. The van der Waals surface area contributed by atoms with E-state index in [1.807, 2.05) is 37.6 Å². The summed E-state index contributed by atoms with van der Waals surface area (Å²) in [6.07, 6.45) is 3.50. The van der Waals surface area contributed by atoms with Crippen molar-refractivity contribution in [1.29, 1.82) is 0 Å². The van der Waals surface area contributed by atoms with Crippen molar-refractivity contribution in [2.24, 2.45) is 0 Å². The van der Waals surface area contributed by atoms with Crippen molar-refractivity contribution in [3.8, 4) is 17.1 Å². The standard InChI is InChI=1S/C26H24F2N6O/c1-15(2)34-23-11-19(28)10-20(25(23)32-26(34)17-4-6-18(27)7-5-17)30-24-9-8-22(21(13-35)31-24)33-12-16(3)29-14-33/h4-12,14-15,35H,13H2,1-3H3,(H,30,31). The lowest BCUT2D eigenvalue weighted by Crippen LogP contribution is -2.04. The van der Waals surface area contributed by atoms with Crippen LogP contribution in [0.1, 0.15) is 31.3 Å². The first-order chi connectivity index (χ1) is 16.8. The van der Waals surface area contributed by atoms with Crippen molar-refractivity contribution >= 4 is 22.5 Å². The Kier molecular flexibility index (Phi) is 5.78. The van der Waals surface area contributed by atoms with Crippen LogP contribution in [0.3, 0.4) is 0 Å². The van der Waals surface area contributed by atoms with Crippen LogP contribution in [0, 0.1) is 18.6 Å². The maximum Gasteiger partial charge on any atom is 0.141 e. The second kappa shape index (κ2) is 8.92. The fraction of sp³-hybridized carbons (Fsp3) is 0.192. The van der Waals surface area contributed by atoms with E-state index >= 15 is 0 Å². The molecule has 0 bridgehead atoms. The minimum Gasteiger partial charge on any atom is -0.390 e. The maximum atomic E-state index is 14.7. The number of fused-ring (bicyclic) bond motifs is 1. The Morgan fingerprint density at radius 1 is 1.00 bits per heavy atom. The Balaban J connectivity index is 1.60. The Bertz CT molecular complexity index is 1520. The molecule has 178 valence electrons.